The van der Waals surface area contributed by atoms with E-state index in [2.05, 4.69) is 21.8 Å². The van der Waals surface area contributed by atoms with E-state index in [1.807, 2.05) is 60.7 Å². The molecule has 4 heterocycles. The largest absolute Gasteiger partial charge is 0.480 e. The lowest BCUT2D eigenvalue weighted by Gasteiger charge is -2.39. The number of oxazole rings is 1. The van der Waals surface area contributed by atoms with E-state index in [0.717, 1.165) is 42.3 Å². The maximum Gasteiger partial charge on any atom is 0.410 e. The van der Waals surface area contributed by atoms with Crippen LogP contribution in [0.15, 0.2) is 71.3 Å². The van der Waals surface area contributed by atoms with Crippen molar-refractivity contribution in [1.82, 2.24) is 19.8 Å². The number of amides is 1. The average Bonchev–Trinajstić information content (AvgIpc) is 3.74. The van der Waals surface area contributed by atoms with Crippen LogP contribution in [-0.2, 0) is 20.8 Å². The second kappa shape index (κ2) is 13.1. The normalized spacial score (nSPS) is 18.7. The Hall–Kier alpha value is -3.99. The number of benzene rings is 2. The summed E-state index contributed by atoms with van der Waals surface area (Å²) in [7, 11) is 1.59. The van der Waals surface area contributed by atoms with E-state index in [1.54, 1.807) is 18.2 Å². The molecule has 1 amide bonds. The van der Waals surface area contributed by atoms with Crippen LogP contribution in [0.1, 0.15) is 43.7 Å². The number of hydrogen-bond donors (Lipinski definition) is 0. The van der Waals surface area contributed by atoms with Crippen LogP contribution in [0.3, 0.4) is 0 Å². The molecule has 1 atom stereocenters. The zero-order valence-corrected chi connectivity index (χ0v) is 24.7. The first kappa shape index (κ1) is 29.1. The maximum atomic E-state index is 13.4. The Morgan fingerprint density at radius 1 is 1.07 bits per heavy atom. The van der Waals surface area contributed by atoms with Crippen LogP contribution in [0.25, 0.3) is 22.2 Å². The van der Waals surface area contributed by atoms with Crippen LogP contribution in [0.2, 0.25) is 0 Å². The summed E-state index contributed by atoms with van der Waals surface area (Å²) in [5.74, 6) is 0.943. The van der Waals surface area contributed by atoms with E-state index >= 15 is 0 Å². The van der Waals surface area contributed by atoms with Crippen LogP contribution >= 0.6 is 0 Å². The van der Waals surface area contributed by atoms with Gasteiger partial charge in [-0.05, 0) is 37.1 Å². The summed E-state index contributed by atoms with van der Waals surface area (Å²) in [6, 6.07) is 19.1. The number of para-hydroxylation sites is 1. The van der Waals surface area contributed by atoms with Gasteiger partial charge in [0.25, 0.3) is 0 Å². The zero-order chi connectivity index (χ0) is 29.6. The summed E-state index contributed by atoms with van der Waals surface area (Å²) in [5, 5.41) is 0.964. The van der Waals surface area contributed by atoms with Crippen LogP contribution in [0.4, 0.5) is 4.79 Å². The molecule has 0 spiro atoms. The number of hydrogen-bond acceptors (Lipinski definition) is 9. The highest BCUT2D eigenvalue weighted by Crippen LogP contribution is 2.35. The number of fused-ring (bicyclic) bond motifs is 1. The first-order chi connectivity index (χ1) is 21.1. The van der Waals surface area contributed by atoms with Gasteiger partial charge in [0.05, 0.1) is 37.6 Å². The molecule has 0 aliphatic carbocycles. The van der Waals surface area contributed by atoms with Crippen molar-refractivity contribution in [2.45, 2.75) is 44.6 Å². The molecule has 10 heteroatoms. The third kappa shape index (κ3) is 6.51. The molecular formula is C33H38N4O6. The minimum Gasteiger partial charge on any atom is -0.480 e. The third-order valence-electron chi connectivity index (χ3n) is 8.24. The monoisotopic (exact) mass is 586 g/mol. The van der Waals surface area contributed by atoms with E-state index in [-0.39, 0.29) is 6.61 Å². The molecule has 0 saturated carbocycles. The molecule has 6 rings (SSSR count). The van der Waals surface area contributed by atoms with Gasteiger partial charge in [0.1, 0.15) is 12.6 Å². The molecule has 43 heavy (non-hydrogen) atoms. The number of ether oxygens (including phenoxy) is 4. The summed E-state index contributed by atoms with van der Waals surface area (Å²) in [4.78, 5) is 26.8. The number of carbonyl (C=O) groups excluding carboxylic acids is 1. The van der Waals surface area contributed by atoms with Gasteiger partial charge in [-0.3, -0.25) is 9.80 Å². The van der Waals surface area contributed by atoms with Gasteiger partial charge < -0.3 is 23.4 Å². The Bertz CT molecular complexity index is 1520. The summed E-state index contributed by atoms with van der Waals surface area (Å²) >= 11 is 0. The number of pyridine rings is 1. The Kier molecular flexibility index (Phi) is 8.87. The lowest BCUT2D eigenvalue weighted by Crippen LogP contribution is -2.51. The quantitative estimate of drug-likeness (QED) is 0.227. The highest BCUT2D eigenvalue weighted by Gasteiger charge is 2.37. The molecule has 2 aliphatic rings. The van der Waals surface area contributed by atoms with Crippen molar-refractivity contribution in [3.8, 4) is 17.2 Å². The fraction of sp³-hybridized carbons (Fsp3) is 0.424. The lowest BCUT2D eigenvalue weighted by atomic mass is 10.1. The minimum atomic E-state index is -0.479. The SMILES string of the molecule is CCC1(CCCN2CCN(C(=O)OCc3ccccc3)C(c3ncc(-c4cc5ccccc5nc4OC)o3)C2)OCCO1. The number of methoxy groups -OCH3 is 1. The van der Waals surface area contributed by atoms with Gasteiger partial charge in [0, 0.05) is 31.4 Å². The second-order valence-corrected chi connectivity index (χ2v) is 10.9. The van der Waals surface area contributed by atoms with Crippen molar-refractivity contribution >= 4 is 17.0 Å². The summed E-state index contributed by atoms with van der Waals surface area (Å²) in [5.41, 5.74) is 2.46. The molecule has 2 aromatic heterocycles. The molecule has 10 nitrogen and oxygen atoms in total. The highest BCUT2D eigenvalue weighted by atomic mass is 16.7. The topological polar surface area (TPSA) is 99.4 Å². The number of nitrogens with zero attached hydrogens (tertiary/aromatic N) is 4. The summed E-state index contributed by atoms with van der Waals surface area (Å²) < 4.78 is 29.6. The molecule has 4 aromatic rings. The fourth-order valence-electron chi connectivity index (χ4n) is 5.87. The van der Waals surface area contributed by atoms with Crippen molar-refractivity contribution in [2.75, 3.05) is 46.5 Å². The van der Waals surface area contributed by atoms with Gasteiger partial charge in [-0.1, -0.05) is 55.5 Å². The highest BCUT2D eigenvalue weighted by molar-refractivity contribution is 5.85. The van der Waals surface area contributed by atoms with Crippen molar-refractivity contribution in [3.05, 3.63) is 78.3 Å². The van der Waals surface area contributed by atoms with Crippen LogP contribution < -0.4 is 4.74 Å². The van der Waals surface area contributed by atoms with E-state index in [1.165, 1.54) is 0 Å². The molecule has 2 fully saturated rings. The molecule has 2 aliphatic heterocycles. The van der Waals surface area contributed by atoms with E-state index in [0.29, 0.717) is 55.9 Å². The number of carbonyl (C=O) groups is 1. The number of rotatable bonds is 10. The molecular weight excluding hydrogens is 548 g/mol. The van der Waals surface area contributed by atoms with Crippen LogP contribution in [0, 0.1) is 0 Å². The molecule has 2 aromatic carbocycles. The van der Waals surface area contributed by atoms with Crippen LogP contribution in [-0.4, -0.2) is 78.2 Å². The third-order valence-corrected chi connectivity index (χ3v) is 8.24. The van der Waals surface area contributed by atoms with Gasteiger partial charge in [-0.15, -0.1) is 0 Å². The standard InChI is InChI=1S/C33H38N4O6/c1-3-33(41-18-19-42-33)14-9-15-36-16-17-37(32(38)40-23-24-10-5-4-6-11-24)28(22-36)31-34-21-29(43-31)26-20-25-12-7-8-13-27(25)35-30(26)39-2/h4-8,10-13,20-21,28H,3,9,14-19,22-23H2,1-2H3. The Morgan fingerprint density at radius 2 is 1.86 bits per heavy atom. The van der Waals surface area contributed by atoms with Crippen LogP contribution in [0.5, 0.6) is 5.88 Å². The van der Waals surface area contributed by atoms with E-state index in [9.17, 15) is 4.79 Å². The van der Waals surface area contributed by atoms with Crippen molar-refractivity contribution in [2.24, 2.45) is 0 Å². The molecule has 1 unspecified atom stereocenters. The minimum absolute atomic E-state index is 0.197. The summed E-state index contributed by atoms with van der Waals surface area (Å²) in [6.07, 6.45) is 3.84. The number of aromatic nitrogens is 2. The zero-order valence-electron chi connectivity index (χ0n) is 24.7. The molecule has 226 valence electrons. The van der Waals surface area contributed by atoms with Gasteiger partial charge in [-0.2, -0.15) is 0 Å². The van der Waals surface area contributed by atoms with Gasteiger partial charge in [-0.25, -0.2) is 14.8 Å². The van der Waals surface area contributed by atoms with Crippen molar-refractivity contribution in [3.63, 3.8) is 0 Å². The molecule has 0 bridgehead atoms. The summed E-state index contributed by atoms with van der Waals surface area (Å²) in [6.45, 7) is 6.19. The molecule has 0 N–H and O–H groups in total. The Balaban J connectivity index is 1.22. The molecule has 0 radical (unpaired) electrons. The molecule has 2 saturated heterocycles. The first-order valence-electron chi connectivity index (χ1n) is 14.9. The van der Waals surface area contributed by atoms with Gasteiger partial charge in [0.15, 0.2) is 11.5 Å². The Morgan fingerprint density at radius 3 is 2.65 bits per heavy atom. The predicted octanol–water partition coefficient (Wildman–Crippen LogP) is 5.83. The lowest BCUT2D eigenvalue weighted by molar-refractivity contribution is -0.165. The maximum absolute atomic E-state index is 13.4. The van der Waals surface area contributed by atoms with Crippen molar-refractivity contribution in [1.29, 1.82) is 0 Å². The fourth-order valence-corrected chi connectivity index (χ4v) is 5.87. The number of piperazine rings is 1. The average molecular weight is 587 g/mol. The van der Waals surface area contributed by atoms with Crippen molar-refractivity contribution < 1.29 is 28.2 Å². The van der Waals surface area contributed by atoms with E-state index < -0.39 is 17.9 Å². The Labute approximate surface area is 251 Å². The van der Waals surface area contributed by atoms with Gasteiger partial charge in [0.2, 0.25) is 11.8 Å². The predicted molar refractivity (Wildman–Crippen MR) is 160 cm³/mol. The second-order valence-electron chi connectivity index (χ2n) is 10.9. The smallest absolute Gasteiger partial charge is 0.410 e. The van der Waals surface area contributed by atoms with Gasteiger partial charge >= 0.3 is 6.09 Å². The van der Waals surface area contributed by atoms with E-state index in [4.69, 9.17) is 23.4 Å². The first-order valence-corrected chi connectivity index (χ1v) is 14.9.